The normalized spacial score (nSPS) is 16.4. The van der Waals surface area contributed by atoms with E-state index in [2.05, 4.69) is 40.2 Å². The number of carbonyl (C=O) groups is 1. The summed E-state index contributed by atoms with van der Waals surface area (Å²) in [6.45, 7) is 2.09. The lowest BCUT2D eigenvalue weighted by Crippen LogP contribution is -2.44. The Hall–Kier alpha value is -2.84. The third-order valence-electron chi connectivity index (χ3n) is 5.30. The third kappa shape index (κ3) is 2.73. The largest absolute Gasteiger partial charge is 0.381 e. The van der Waals surface area contributed by atoms with E-state index in [4.69, 9.17) is 4.74 Å². The van der Waals surface area contributed by atoms with Gasteiger partial charge in [0, 0.05) is 48.1 Å². The topological polar surface area (TPSA) is 67.0 Å². The number of amides is 1. The van der Waals surface area contributed by atoms with Crippen LogP contribution in [0.15, 0.2) is 48.5 Å². The number of ether oxygens (including phenoxy) is 1. The highest BCUT2D eigenvalue weighted by Crippen LogP contribution is 2.30. The van der Waals surface area contributed by atoms with Crippen molar-refractivity contribution in [1.82, 2.24) is 9.88 Å². The number of para-hydroxylation sites is 2. The van der Waals surface area contributed by atoms with Crippen LogP contribution >= 0.6 is 0 Å². The van der Waals surface area contributed by atoms with Gasteiger partial charge in [0.15, 0.2) is 0 Å². The van der Waals surface area contributed by atoms with E-state index in [0.29, 0.717) is 39.1 Å². The lowest BCUT2D eigenvalue weighted by atomic mass is 9.81. The predicted molar refractivity (Wildman–Crippen MR) is 101 cm³/mol. The molecule has 2 aromatic carbocycles. The van der Waals surface area contributed by atoms with Gasteiger partial charge in [0.2, 0.25) is 5.91 Å². The lowest BCUT2D eigenvalue weighted by molar-refractivity contribution is -0.132. The Morgan fingerprint density at radius 3 is 2.23 bits per heavy atom. The van der Waals surface area contributed by atoms with Crippen molar-refractivity contribution in [3.63, 3.8) is 0 Å². The van der Waals surface area contributed by atoms with E-state index in [1.807, 2.05) is 24.3 Å². The molecule has 1 aliphatic heterocycles. The molecule has 1 N–H and O–H groups in total. The van der Waals surface area contributed by atoms with E-state index >= 15 is 0 Å². The van der Waals surface area contributed by atoms with Crippen LogP contribution in [-0.2, 0) is 16.1 Å². The smallest absolute Gasteiger partial charge is 0.240 e. The Morgan fingerprint density at radius 1 is 1.08 bits per heavy atom. The van der Waals surface area contributed by atoms with Crippen molar-refractivity contribution in [1.29, 1.82) is 5.26 Å². The van der Waals surface area contributed by atoms with E-state index in [9.17, 15) is 10.1 Å². The Kier molecular flexibility index (Phi) is 4.36. The summed E-state index contributed by atoms with van der Waals surface area (Å²) in [5, 5.41) is 14.9. The van der Waals surface area contributed by atoms with Crippen molar-refractivity contribution in [2.45, 2.75) is 19.4 Å². The zero-order valence-electron chi connectivity index (χ0n) is 14.6. The minimum atomic E-state index is -0.945. The monoisotopic (exact) mass is 347 g/mol. The van der Waals surface area contributed by atoms with Gasteiger partial charge in [-0.1, -0.05) is 36.4 Å². The maximum Gasteiger partial charge on any atom is 0.240 e. The molecule has 1 aliphatic rings. The summed E-state index contributed by atoms with van der Waals surface area (Å²) in [6, 6.07) is 18.8. The van der Waals surface area contributed by atoms with Crippen LogP contribution in [0.2, 0.25) is 0 Å². The van der Waals surface area contributed by atoms with Gasteiger partial charge in [-0.25, -0.2) is 0 Å². The summed E-state index contributed by atoms with van der Waals surface area (Å²) in [5.74, 6) is -0.177. The fourth-order valence-electron chi connectivity index (χ4n) is 3.80. The van der Waals surface area contributed by atoms with Gasteiger partial charge in [-0.2, -0.15) is 5.26 Å². The number of fused-ring (bicyclic) bond motifs is 3. The molecule has 2 heterocycles. The molecule has 0 unspecified atom stereocenters. The second kappa shape index (κ2) is 6.81. The van der Waals surface area contributed by atoms with Gasteiger partial charge in [0.05, 0.1) is 6.07 Å². The Bertz CT molecular complexity index is 940. The van der Waals surface area contributed by atoms with Crippen molar-refractivity contribution >= 4 is 27.7 Å². The van der Waals surface area contributed by atoms with Crippen LogP contribution in [0.25, 0.3) is 21.8 Å². The fourth-order valence-corrected chi connectivity index (χ4v) is 3.80. The van der Waals surface area contributed by atoms with E-state index in [1.54, 1.807) is 0 Å². The van der Waals surface area contributed by atoms with Gasteiger partial charge in [0.25, 0.3) is 0 Å². The lowest BCUT2D eigenvalue weighted by Gasteiger charge is -2.29. The molecule has 4 rings (SSSR count). The van der Waals surface area contributed by atoms with E-state index < -0.39 is 5.41 Å². The zero-order chi connectivity index (χ0) is 18.0. The van der Waals surface area contributed by atoms with Crippen molar-refractivity contribution < 1.29 is 9.53 Å². The Balaban J connectivity index is 1.55. The quantitative estimate of drug-likeness (QED) is 0.788. The predicted octanol–water partition coefficient (Wildman–Crippen LogP) is 3.23. The first-order valence-corrected chi connectivity index (χ1v) is 8.98. The number of hydrogen-bond donors (Lipinski definition) is 1. The van der Waals surface area contributed by atoms with Crippen LogP contribution in [0.4, 0.5) is 0 Å². The van der Waals surface area contributed by atoms with E-state index in [0.717, 1.165) is 11.0 Å². The molecule has 26 heavy (non-hydrogen) atoms. The molecule has 1 aromatic heterocycles. The average Bonchev–Trinajstić information content (AvgIpc) is 3.03. The van der Waals surface area contributed by atoms with Gasteiger partial charge in [-0.15, -0.1) is 0 Å². The van der Waals surface area contributed by atoms with Gasteiger partial charge >= 0.3 is 0 Å². The number of carbonyl (C=O) groups excluding carboxylic acids is 1. The summed E-state index contributed by atoms with van der Waals surface area (Å²) in [5.41, 5.74) is 1.37. The minimum Gasteiger partial charge on any atom is -0.381 e. The molecule has 1 fully saturated rings. The molecule has 0 radical (unpaired) electrons. The minimum absolute atomic E-state index is 0.177. The second-order valence-corrected chi connectivity index (χ2v) is 6.75. The van der Waals surface area contributed by atoms with Gasteiger partial charge in [-0.3, -0.25) is 4.79 Å². The highest BCUT2D eigenvalue weighted by Gasteiger charge is 2.40. The molecule has 0 saturated carbocycles. The number of nitrogens with zero attached hydrogens (tertiary/aromatic N) is 2. The number of benzene rings is 2. The van der Waals surface area contributed by atoms with Gasteiger partial charge < -0.3 is 14.6 Å². The maximum atomic E-state index is 12.6. The van der Waals surface area contributed by atoms with Crippen LogP contribution in [-0.4, -0.2) is 30.2 Å². The maximum absolute atomic E-state index is 12.6. The summed E-state index contributed by atoms with van der Waals surface area (Å²) in [6.07, 6.45) is 0.926. The van der Waals surface area contributed by atoms with Crippen LogP contribution in [0.5, 0.6) is 0 Å². The molecule has 0 aliphatic carbocycles. The molecule has 1 saturated heterocycles. The zero-order valence-corrected chi connectivity index (χ0v) is 14.6. The molecule has 0 spiro atoms. The molecule has 3 aromatic rings. The molecule has 5 heteroatoms. The van der Waals surface area contributed by atoms with Gasteiger partial charge in [-0.05, 0) is 25.0 Å². The molecular weight excluding hydrogens is 326 g/mol. The van der Waals surface area contributed by atoms with Crippen molar-refractivity contribution in [2.24, 2.45) is 5.41 Å². The van der Waals surface area contributed by atoms with E-state index in [-0.39, 0.29) is 5.91 Å². The third-order valence-corrected chi connectivity index (χ3v) is 5.30. The number of nitrogens with one attached hydrogen (secondary N) is 1. The number of rotatable bonds is 4. The van der Waals surface area contributed by atoms with Crippen molar-refractivity contribution in [3.8, 4) is 6.07 Å². The highest BCUT2D eigenvalue weighted by atomic mass is 16.5. The standard InChI is InChI=1S/C21H21N3O2/c22-15-21(9-13-26-14-10-21)20(25)23-11-12-24-18-7-3-1-5-16(18)17-6-2-4-8-19(17)24/h1-8H,9-14H2,(H,23,25). The van der Waals surface area contributed by atoms with Crippen LogP contribution in [0.1, 0.15) is 12.8 Å². The van der Waals surface area contributed by atoms with Crippen molar-refractivity contribution in [2.75, 3.05) is 19.8 Å². The van der Waals surface area contributed by atoms with E-state index in [1.165, 1.54) is 10.8 Å². The first-order valence-electron chi connectivity index (χ1n) is 8.98. The number of aromatic nitrogens is 1. The average molecular weight is 347 g/mol. The second-order valence-electron chi connectivity index (χ2n) is 6.75. The van der Waals surface area contributed by atoms with Crippen LogP contribution < -0.4 is 5.32 Å². The number of hydrogen-bond acceptors (Lipinski definition) is 3. The molecule has 0 bridgehead atoms. The summed E-state index contributed by atoms with van der Waals surface area (Å²) < 4.78 is 7.53. The summed E-state index contributed by atoms with van der Waals surface area (Å²) >= 11 is 0. The van der Waals surface area contributed by atoms with Gasteiger partial charge in [0.1, 0.15) is 5.41 Å². The van der Waals surface area contributed by atoms with Crippen LogP contribution in [0, 0.1) is 16.7 Å². The van der Waals surface area contributed by atoms with Crippen LogP contribution in [0.3, 0.4) is 0 Å². The summed E-state index contributed by atoms with van der Waals surface area (Å²) in [7, 11) is 0. The molecular formula is C21H21N3O2. The Morgan fingerprint density at radius 2 is 1.65 bits per heavy atom. The SMILES string of the molecule is N#CC1(C(=O)NCCn2c3ccccc3c3ccccc32)CCOCC1. The first-order chi connectivity index (χ1) is 12.7. The molecule has 0 atom stereocenters. The summed E-state index contributed by atoms with van der Waals surface area (Å²) in [4.78, 5) is 12.6. The molecule has 132 valence electrons. The Labute approximate surface area is 152 Å². The number of nitriles is 1. The fraction of sp³-hybridized carbons (Fsp3) is 0.333. The first kappa shape index (κ1) is 16.6. The van der Waals surface area contributed by atoms with Crippen molar-refractivity contribution in [3.05, 3.63) is 48.5 Å². The highest BCUT2D eigenvalue weighted by molar-refractivity contribution is 6.07. The molecule has 5 nitrogen and oxygen atoms in total. The molecule has 1 amide bonds.